The van der Waals surface area contributed by atoms with E-state index in [4.69, 9.17) is 23.2 Å². The van der Waals surface area contributed by atoms with Gasteiger partial charge in [-0.1, -0.05) is 33.8 Å². The lowest BCUT2D eigenvalue weighted by atomic mass is 10.1. The van der Waals surface area contributed by atoms with Crippen molar-refractivity contribution < 1.29 is 14.4 Å². The van der Waals surface area contributed by atoms with Crippen molar-refractivity contribution in [2.45, 2.75) is 19.4 Å². The van der Waals surface area contributed by atoms with Gasteiger partial charge in [-0.3, -0.25) is 14.4 Å². The summed E-state index contributed by atoms with van der Waals surface area (Å²) in [6.07, 6.45) is 1.38. The van der Waals surface area contributed by atoms with Crippen LogP contribution in [0, 0.1) is 5.92 Å². The van der Waals surface area contributed by atoms with Gasteiger partial charge in [0, 0.05) is 18.5 Å². The summed E-state index contributed by atoms with van der Waals surface area (Å²) in [4.78, 5) is 37.8. The Morgan fingerprint density at radius 1 is 1.30 bits per heavy atom. The zero-order valence-corrected chi connectivity index (χ0v) is 16.5. The third kappa shape index (κ3) is 4.82. The molecule has 142 valence electrons. The number of nitrogens with zero attached hydrogens (tertiary/aromatic N) is 3. The van der Waals surface area contributed by atoms with Crippen LogP contribution in [0.5, 0.6) is 0 Å². The maximum atomic E-state index is 12.3. The molecule has 1 aliphatic rings. The van der Waals surface area contributed by atoms with Crippen LogP contribution in [0.3, 0.4) is 0 Å². The van der Waals surface area contributed by atoms with Gasteiger partial charge in [0.05, 0.1) is 22.3 Å². The summed E-state index contributed by atoms with van der Waals surface area (Å²) in [5.41, 5.74) is 1.61. The maximum Gasteiger partial charge on any atom is 0.291 e. The van der Waals surface area contributed by atoms with Crippen LogP contribution in [0.4, 0.5) is 0 Å². The van der Waals surface area contributed by atoms with Crippen molar-refractivity contribution in [3.8, 4) is 0 Å². The van der Waals surface area contributed by atoms with Gasteiger partial charge in [-0.05, 0) is 42.1 Å². The van der Waals surface area contributed by atoms with Gasteiger partial charge in [0.15, 0.2) is 0 Å². The van der Waals surface area contributed by atoms with Gasteiger partial charge in [0.1, 0.15) is 5.92 Å². The van der Waals surface area contributed by atoms with E-state index < -0.39 is 23.5 Å². The van der Waals surface area contributed by atoms with Gasteiger partial charge in [-0.2, -0.15) is 0 Å². The molecule has 1 aromatic heterocycles. The van der Waals surface area contributed by atoms with Crippen molar-refractivity contribution in [3.63, 3.8) is 0 Å². The average Bonchev–Trinajstić information content (AvgIpc) is 3.25. The number of halogens is 2. The normalized spacial score (nSPS) is 16.8. The molecule has 2 amide bonds. The minimum absolute atomic E-state index is 0.0633. The van der Waals surface area contributed by atoms with Gasteiger partial charge in [0.2, 0.25) is 11.7 Å². The first-order chi connectivity index (χ1) is 13.0. The smallest absolute Gasteiger partial charge is 0.291 e. The van der Waals surface area contributed by atoms with E-state index in [1.165, 1.54) is 16.4 Å². The molecule has 1 saturated heterocycles. The second kappa shape index (κ2) is 8.77. The van der Waals surface area contributed by atoms with Crippen LogP contribution in [0.1, 0.15) is 17.7 Å². The highest BCUT2D eigenvalue weighted by molar-refractivity contribution is 7.03. The Morgan fingerprint density at radius 2 is 2.11 bits per heavy atom. The molecule has 2 aromatic rings. The number of aromatic nitrogens is 2. The molecule has 0 bridgehead atoms. The molecule has 27 heavy (non-hydrogen) atoms. The van der Waals surface area contributed by atoms with E-state index in [-0.39, 0.29) is 13.1 Å². The van der Waals surface area contributed by atoms with Crippen LogP contribution in [-0.2, 0) is 27.3 Å². The molecule has 0 spiro atoms. The molecule has 1 aliphatic heterocycles. The van der Waals surface area contributed by atoms with Crippen molar-refractivity contribution >= 4 is 52.3 Å². The summed E-state index contributed by atoms with van der Waals surface area (Å²) in [6, 6.07) is 5.39. The lowest BCUT2D eigenvalue weighted by Crippen LogP contribution is -2.36. The molecule has 0 aliphatic carbocycles. The molecule has 0 radical (unpaired) electrons. The number of hydrogen-bond acceptors (Lipinski definition) is 6. The number of carbonyl (C=O) groups is 3. The zero-order valence-electron chi connectivity index (χ0n) is 14.2. The van der Waals surface area contributed by atoms with Crippen molar-refractivity contribution in [1.82, 2.24) is 19.8 Å². The third-order valence-electron chi connectivity index (χ3n) is 4.22. The number of rotatable bonds is 7. The quantitative estimate of drug-likeness (QED) is 0.415. The largest absolute Gasteiger partial charge is 0.355 e. The Morgan fingerprint density at radius 3 is 2.81 bits per heavy atom. The van der Waals surface area contributed by atoms with Crippen molar-refractivity contribution in [3.05, 3.63) is 44.9 Å². The molecule has 1 fully saturated rings. The summed E-state index contributed by atoms with van der Waals surface area (Å²) < 4.78 is 3.72. The second-order valence-electron chi connectivity index (χ2n) is 6.14. The topological polar surface area (TPSA) is 92.3 Å². The van der Waals surface area contributed by atoms with E-state index in [0.29, 0.717) is 35.1 Å². The van der Waals surface area contributed by atoms with Gasteiger partial charge in [-0.15, -0.1) is 5.10 Å². The van der Waals surface area contributed by atoms with E-state index in [2.05, 4.69) is 14.9 Å². The van der Waals surface area contributed by atoms with Gasteiger partial charge in [-0.25, -0.2) is 0 Å². The molecule has 7 nitrogen and oxygen atoms in total. The summed E-state index contributed by atoms with van der Waals surface area (Å²) in [5, 5.41) is 9.27. The zero-order chi connectivity index (χ0) is 19.4. The van der Waals surface area contributed by atoms with E-state index in [1.54, 1.807) is 17.5 Å². The Labute approximate surface area is 169 Å². The molecule has 1 unspecified atom stereocenters. The number of benzene rings is 1. The molecule has 1 atom stereocenters. The standard InChI is InChI=1S/C17H16Cl2N4O3S/c18-13-4-3-10(6-14(13)19)2-1-5-20-16(25)12-8-23(17(26)15(12)24)7-11-9-27-22-21-11/h3-4,6,9,12H,1-2,5,7-8H2,(H,20,25). The fraction of sp³-hybridized carbons (Fsp3) is 0.353. The number of likely N-dealkylation sites (tertiary alicyclic amines) is 1. The highest BCUT2D eigenvalue weighted by Gasteiger charge is 2.43. The highest BCUT2D eigenvalue weighted by atomic mass is 35.5. The fourth-order valence-electron chi connectivity index (χ4n) is 2.80. The Balaban J connectivity index is 1.46. The van der Waals surface area contributed by atoms with E-state index >= 15 is 0 Å². The first kappa shape index (κ1) is 19.7. The molecule has 1 aromatic carbocycles. The van der Waals surface area contributed by atoms with Crippen LogP contribution in [0.15, 0.2) is 23.6 Å². The molecular formula is C17H16Cl2N4O3S. The van der Waals surface area contributed by atoms with Crippen LogP contribution in [0.2, 0.25) is 10.0 Å². The predicted molar refractivity (Wildman–Crippen MR) is 102 cm³/mol. The van der Waals surface area contributed by atoms with E-state index in [0.717, 1.165) is 5.56 Å². The van der Waals surface area contributed by atoms with Crippen LogP contribution < -0.4 is 5.32 Å². The minimum atomic E-state index is -0.978. The van der Waals surface area contributed by atoms with E-state index in [9.17, 15) is 14.4 Å². The van der Waals surface area contributed by atoms with Crippen molar-refractivity contribution in [2.75, 3.05) is 13.1 Å². The summed E-state index contributed by atoms with van der Waals surface area (Å²) in [7, 11) is 0. The maximum absolute atomic E-state index is 12.3. The number of amides is 2. The lowest BCUT2D eigenvalue weighted by molar-refractivity contribution is -0.142. The molecule has 10 heteroatoms. The molecule has 0 saturated carbocycles. The average molecular weight is 427 g/mol. The Kier molecular flexibility index (Phi) is 6.41. The number of ketones is 1. The Bertz CT molecular complexity index is 860. The van der Waals surface area contributed by atoms with Crippen molar-refractivity contribution in [1.29, 1.82) is 0 Å². The molecule has 3 rings (SSSR count). The predicted octanol–water partition coefficient (Wildman–Crippen LogP) is 2.12. The molecular weight excluding hydrogens is 411 g/mol. The van der Waals surface area contributed by atoms with Crippen LogP contribution in [-0.4, -0.2) is 45.2 Å². The van der Waals surface area contributed by atoms with Crippen LogP contribution >= 0.6 is 34.7 Å². The summed E-state index contributed by atoms with van der Waals surface area (Å²) in [6.45, 7) is 0.642. The Hall–Kier alpha value is -2.03. The molecule has 1 N–H and O–H groups in total. The molecule has 2 heterocycles. The first-order valence-corrected chi connectivity index (χ1v) is 9.85. The number of aryl methyl sites for hydroxylation is 1. The van der Waals surface area contributed by atoms with Gasteiger partial charge < -0.3 is 10.2 Å². The third-order valence-corrected chi connectivity index (χ3v) is 5.51. The SMILES string of the molecule is O=C(NCCCc1ccc(Cl)c(Cl)c1)C1CN(Cc2csnn2)C(=O)C1=O. The second-order valence-corrected chi connectivity index (χ2v) is 7.57. The number of Topliss-reactive ketones (excluding diaryl/α,β-unsaturated/α-hetero) is 1. The number of hydrogen-bond donors (Lipinski definition) is 1. The lowest BCUT2D eigenvalue weighted by Gasteiger charge is -2.13. The minimum Gasteiger partial charge on any atom is -0.355 e. The number of carbonyl (C=O) groups excluding carboxylic acids is 3. The first-order valence-electron chi connectivity index (χ1n) is 8.26. The highest BCUT2D eigenvalue weighted by Crippen LogP contribution is 2.23. The monoisotopic (exact) mass is 426 g/mol. The van der Waals surface area contributed by atoms with Crippen LogP contribution in [0.25, 0.3) is 0 Å². The number of nitrogens with one attached hydrogen (secondary N) is 1. The summed E-state index contributed by atoms with van der Waals surface area (Å²) >= 11 is 13.0. The van der Waals surface area contributed by atoms with E-state index in [1.807, 2.05) is 6.07 Å². The van der Waals surface area contributed by atoms with Gasteiger partial charge in [0.25, 0.3) is 5.91 Å². The fourth-order valence-corrected chi connectivity index (χ4v) is 3.56. The van der Waals surface area contributed by atoms with Gasteiger partial charge >= 0.3 is 0 Å². The summed E-state index contributed by atoms with van der Waals surface area (Å²) in [5.74, 6) is -2.74. The van der Waals surface area contributed by atoms with Crippen molar-refractivity contribution in [2.24, 2.45) is 5.92 Å².